The van der Waals surface area contributed by atoms with Crippen LogP contribution in [-0.4, -0.2) is 38.8 Å². The number of hydrogen-bond donors (Lipinski definition) is 2. The molecule has 0 spiro atoms. The van der Waals surface area contributed by atoms with Crippen molar-refractivity contribution in [2.75, 3.05) is 37.7 Å². The van der Waals surface area contributed by atoms with E-state index >= 15 is 0 Å². The van der Waals surface area contributed by atoms with E-state index in [4.69, 9.17) is 10.5 Å². The van der Waals surface area contributed by atoms with Crippen LogP contribution in [0.25, 0.3) is 11.1 Å². The van der Waals surface area contributed by atoms with E-state index in [2.05, 4.69) is 46.6 Å². The van der Waals surface area contributed by atoms with Crippen LogP contribution < -0.4 is 16.0 Å². The predicted octanol–water partition coefficient (Wildman–Crippen LogP) is 1.77. The summed E-state index contributed by atoms with van der Waals surface area (Å²) in [5, 5.41) is 2.80. The molecule has 2 aromatic rings. The molecule has 1 aliphatic rings. The van der Waals surface area contributed by atoms with Crippen LogP contribution in [0.3, 0.4) is 0 Å². The zero-order chi connectivity index (χ0) is 16.8. The molecular formula is C19H23N3O2. The van der Waals surface area contributed by atoms with Gasteiger partial charge in [0, 0.05) is 25.3 Å². The molecule has 0 saturated carbocycles. The van der Waals surface area contributed by atoms with Gasteiger partial charge in [-0.15, -0.1) is 0 Å². The molecule has 3 N–H and O–H groups in total. The van der Waals surface area contributed by atoms with Gasteiger partial charge in [-0.05, 0) is 34.9 Å². The largest absolute Gasteiger partial charge is 0.378 e. The highest BCUT2D eigenvalue weighted by atomic mass is 16.5. The average molecular weight is 325 g/mol. The average Bonchev–Trinajstić information content (AvgIpc) is 2.67. The Hall–Kier alpha value is -2.37. The van der Waals surface area contributed by atoms with Gasteiger partial charge in [-0.3, -0.25) is 4.79 Å². The first-order valence-corrected chi connectivity index (χ1v) is 8.25. The van der Waals surface area contributed by atoms with Gasteiger partial charge in [-0.1, -0.05) is 30.3 Å². The molecule has 5 heteroatoms. The van der Waals surface area contributed by atoms with E-state index < -0.39 is 0 Å². The number of nitrogens with zero attached hydrogens (tertiary/aromatic N) is 1. The highest BCUT2D eigenvalue weighted by molar-refractivity contribution is 5.77. The molecule has 0 bridgehead atoms. The minimum atomic E-state index is -0.143. The molecule has 1 amide bonds. The zero-order valence-corrected chi connectivity index (χ0v) is 13.7. The molecule has 126 valence electrons. The monoisotopic (exact) mass is 325 g/mol. The van der Waals surface area contributed by atoms with Gasteiger partial charge < -0.3 is 20.7 Å². The smallest absolute Gasteiger partial charge is 0.234 e. The van der Waals surface area contributed by atoms with Crippen molar-refractivity contribution >= 4 is 11.6 Å². The number of carbonyl (C=O) groups excluding carboxylic acids is 1. The van der Waals surface area contributed by atoms with Crippen LogP contribution >= 0.6 is 0 Å². The summed E-state index contributed by atoms with van der Waals surface area (Å²) in [6.07, 6.45) is 0. The van der Waals surface area contributed by atoms with Gasteiger partial charge in [-0.2, -0.15) is 0 Å². The lowest BCUT2D eigenvalue weighted by Crippen LogP contribution is -2.36. The molecule has 1 aliphatic heterocycles. The minimum absolute atomic E-state index is 0.0166. The quantitative estimate of drug-likeness (QED) is 0.879. The lowest BCUT2D eigenvalue weighted by atomic mass is 10.0. The van der Waals surface area contributed by atoms with Gasteiger partial charge in [0.1, 0.15) is 0 Å². The highest BCUT2D eigenvalue weighted by Gasteiger charge is 2.11. The van der Waals surface area contributed by atoms with Crippen molar-refractivity contribution in [3.8, 4) is 11.1 Å². The van der Waals surface area contributed by atoms with Crippen LogP contribution in [0.15, 0.2) is 48.5 Å². The number of rotatable bonds is 5. The van der Waals surface area contributed by atoms with E-state index in [1.165, 1.54) is 11.3 Å². The van der Waals surface area contributed by atoms with E-state index in [9.17, 15) is 4.79 Å². The maximum absolute atomic E-state index is 11.3. The van der Waals surface area contributed by atoms with E-state index in [1.807, 2.05) is 12.1 Å². The summed E-state index contributed by atoms with van der Waals surface area (Å²) in [5.74, 6) is -0.143. The van der Waals surface area contributed by atoms with Crippen LogP contribution in [0, 0.1) is 0 Å². The van der Waals surface area contributed by atoms with Gasteiger partial charge in [0.15, 0.2) is 0 Å². The van der Waals surface area contributed by atoms with E-state index in [0.717, 1.165) is 37.4 Å². The third-order valence-corrected chi connectivity index (χ3v) is 4.18. The Morgan fingerprint density at radius 1 is 1.08 bits per heavy atom. The molecular weight excluding hydrogens is 302 g/mol. The first kappa shape index (κ1) is 16.5. The number of nitrogens with one attached hydrogen (secondary N) is 1. The number of anilines is 1. The Balaban J connectivity index is 1.70. The molecule has 0 radical (unpaired) electrons. The molecule has 0 atom stereocenters. The maximum Gasteiger partial charge on any atom is 0.234 e. The minimum Gasteiger partial charge on any atom is -0.378 e. The lowest BCUT2D eigenvalue weighted by molar-refractivity contribution is -0.119. The van der Waals surface area contributed by atoms with E-state index in [0.29, 0.717) is 6.54 Å². The van der Waals surface area contributed by atoms with Crippen molar-refractivity contribution in [3.05, 3.63) is 54.1 Å². The van der Waals surface area contributed by atoms with Crippen LogP contribution in [0.2, 0.25) is 0 Å². The summed E-state index contributed by atoms with van der Waals surface area (Å²) in [7, 11) is 0. The van der Waals surface area contributed by atoms with Gasteiger partial charge in [0.2, 0.25) is 5.91 Å². The Bertz CT molecular complexity index is 679. The Morgan fingerprint density at radius 3 is 2.54 bits per heavy atom. The molecule has 0 unspecified atom stereocenters. The molecule has 0 aliphatic carbocycles. The first-order chi connectivity index (χ1) is 11.8. The fourth-order valence-corrected chi connectivity index (χ4v) is 2.82. The zero-order valence-electron chi connectivity index (χ0n) is 13.7. The topological polar surface area (TPSA) is 67.6 Å². The Morgan fingerprint density at radius 2 is 1.83 bits per heavy atom. The fraction of sp³-hybridized carbons (Fsp3) is 0.316. The van der Waals surface area contributed by atoms with Crippen molar-refractivity contribution in [2.24, 2.45) is 5.73 Å². The number of ether oxygens (including phenoxy) is 1. The second-order valence-electron chi connectivity index (χ2n) is 5.83. The lowest BCUT2D eigenvalue weighted by Gasteiger charge is -2.28. The van der Waals surface area contributed by atoms with Crippen LogP contribution in [0.5, 0.6) is 0 Å². The van der Waals surface area contributed by atoms with Crippen LogP contribution in [0.1, 0.15) is 5.56 Å². The summed E-state index contributed by atoms with van der Waals surface area (Å²) in [6, 6.07) is 16.8. The number of nitrogens with two attached hydrogens (primary N) is 1. The summed E-state index contributed by atoms with van der Waals surface area (Å²) < 4.78 is 5.40. The van der Waals surface area contributed by atoms with E-state index in [-0.39, 0.29) is 12.5 Å². The third-order valence-electron chi connectivity index (χ3n) is 4.18. The number of carbonyl (C=O) groups is 1. The van der Waals surface area contributed by atoms with Crippen molar-refractivity contribution in [1.82, 2.24) is 5.32 Å². The fourth-order valence-electron chi connectivity index (χ4n) is 2.82. The summed E-state index contributed by atoms with van der Waals surface area (Å²) in [4.78, 5) is 13.6. The number of morpholine rings is 1. The Labute approximate surface area is 142 Å². The summed E-state index contributed by atoms with van der Waals surface area (Å²) in [6.45, 7) is 3.97. The predicted molar refractivity (Wildman–Crippen MR) is 95.8 cm³/mol. The first-order valence-electron chi connectivity index (χ1n) is 8.25. The van der Waals surface area contributed by atoms with Crippen molar-refractivity contribution in [2.45, 2.75) is 6.54 Å². The van der Waals surface area contributed by atoms with Crippen LogP contribution in [-0.2, 0) is 16.1 Å². The van der Waals surface area contributed by atoms with Crippen molar-refractivity contribution < 1.29 is 9.53 Å². The van der Waals surface area contributed by atoms with Crippen LogP contribution in [0.4, 0.5) is 5.69 Å². The van der Waals surface area contributed by atoms with Gasteiger partial charge >= 0.3 is 0 Å². The SMILES string of the molecule is NCC(=O)NCc1cccc(-c2ccc(N3CCOCC3)cc2)c1. The molecule has 1 heterocycles. The van der Waals surface area contributed by atoms with Crippen molar-refractivity contribution in [1.29, 1.82) is 0 Å². The number of benzene rings is 2. The summed E-state index contributed by atoms with van der Waals surface area (Å²) in [5.41, 5.74) is 9.91. The summed E-state index contributed by atoms with van der Waals surface area (Å²) >= 11 is 0. The van der Waals surface area contributed by atoms with Gasteiger partial charge in [0.25, 0.3) is 0 Å². The molecule has 1 fully saturated rings. The van der Waals surface area contributed by atoms with Crippen molar-refractivity contribution in [3.63, 3.8) is 0 Å². The standard InChI is InChI=1S/C19H23N3O2/c20-13-19(23)21-14-15-2-1-3-17(12-15)16-4-6-18(7-5-16)22-8-10-24-11-9-22/h1-7,12H,8-11,13-14,20H2,(H,21,23). The normalized spacial score (nSPS) is 14.5. The Kier molecular flexibility index (Phi) is 5.46. The highest BCUT2D eigenvalue weighted by Crippen LogP contribution is 2.24. The second kappa shape index (κ2) is 7.95. The number of hydrogen-bond acceptors (Lipinski definition) is 4. The third kappa shape index (κ3) is 4.13. The molecule has 2 aromatic carbocycles. The van der Waals surface area contributed by atoms with Gasteiger partial charge in [-0.25, -0.2) is 0 Å². The van der Waals surface area contributed by atoms with E-state index in [1.54, 1.807) is 0 Å². The molecule has 0 aromatic heterocycles. The maximum atomic E-state index is 11.3. The van der Waals surface area contributed by atoms with Gasteiger partial charge in [0.05, 0.1) is 19.8 Å². The molecule has 1 saturated heterocycles. The second-order valence-corrected chi connectivity index (χ2v) is 5.83. The number of amides is 1. The molecule has 5 nitrogen and oxygen atoms in total. The molecule has 24 heavy (non-hydrogen) atoms. The molecule has 3 rings (SSSR count).